The van der Waals surface area contributed by atoms with Gasteiger partial charge >= 0.3 is 7.12 Å². The smallest absolute Gasteiger partial charge is 0.494 e. The van der Waals surface area contributed by atoms with Crippen LogP contribution in [0.2, 0.25) is 0 Å². The molecule has 1 saturated heterocycles. The van der Waals surface area contributed by atoms with Gasteiger partial charge in [-0.05, 0) is 33.8 Å². The summed E-state index contributed by atoms with van der Waals surface area (Å²) in [6.45, 7) is 7.89. The van der Waals surface area contributed by atoms with E-state index in [4.69, 9.17) is 9.31 Å². The molecule has 4 nitrogen and oxygen atoms in total. The van der Waals surface area contributed by atoms with E-state index in [9.17, 15) is 5.11 Å². The first-order valence-corrected chi connectivity index (χ1v) is 5.33. The lowest BCUT2D eigenvalue weighted by atomic mass is 9.80. The van der Waals surface area contributed by atoms with Crippen LogP contribution >= 0.6 is 0 Å². The third-order valence-electron chi connectivity index (χ3n) is 3.32. The summed E-state index contributed by atoms with van der Waals surface area (Å²) < 4.78 is 11.6. The predicted molar refractivity (Wildman–Crippen MR) is 61.6 cm³/mol. The highest BCUT2D eigenvalue weighted by atomic mass is 16.7. The minimum absolute atomic E-state index is 0.0407. The zero-order valence-corrected chi connectivity index (χ0v) is 10.0. The first-order valence-electron chi connectivity index (χ1n) is 5.33. The second-order valence-electron chi connectivity index (χ2n) is 5.00. The van der Waals surface area contributed by atoms with Crippen molar-refractivity contribution in [2.75, 3.05) is 0 Å². The SMILES string of the molecule is CC1(C)OB(c2cccnc2O)OC1(C)C. The van der Waals surface area contributed by atoms with E-state index in [0.717, 1.165) is 0 Å². The Hall–Kier alpha value is -1.07. The van der Waals surface area contributed by atoms with E-state index in [0.29, 0.717) is 5.46 Å². The largest absolute Gasteiger partial charge is 0.500 e. The lowest BCUT2D eigenvalue weighted by molar-refractivity contribution is 0.00578. The van der Waals surface area contributed by atoms with Gasteiger partial charge in [0.2, 0.25) is 5.88 Å². The van der Waals surface area contributed by atoms with Gasteiger partial charge in [0.05, 0.1) is 11.2 Å². The molecule has 0 saturated carbocycles. The van der Waals surface area contributed by atoms with Gasteiger partial charge in [0.1, 0.15) is 0 Å². The Morgan fingerprint density at radius 1 is 1.19 bits per heavy atom. The second-order valence-corrected chi connectivity index (χ2v) is 5.00. The number of pyridine rings is 1. The first-order chi connectivity index (χ1) is 7.33. The van der Waals surface area contributed by atoms with Crippen LogP contribution in [-0.4, -0.2) is 28.4 Å². The number of nitrogens with zero attached hydrogens (tertiary/aromatic N) is 1. The van der Waals surface area contributed by atoms with Gasteiger partial charge in [0, 0.05) is 11.7 Å². The van der Waals surface area contributed by atoms with Crippen molar-refractivity contribution < 1.29 is 14.4 Å². The molecule has 0 unspecified atom stereocenters. The molecule has 5 heteroatoms. The quantitative estimate of drug-likeness (QED) is 0.721. The Morgan fingerprint density at radius 2 is 1.75 bits per heavy atom. The third-order valence-corrected chi connectivity index (χ3v) is 3.32. The number of rotatable bonds is 1. The maximum Gasteiger partial charge on any atom is 0.500 e. The molecule has 0 spiro atoms. The van der Waals surface area contributed by atoms with Crippen molar-refractivity contribution in [1.29, 1.82) is 0 Å². The highest BCUT2D eigenvalue weighted by molar-refractivity contribution is 6.63. The van der Waals surface area contributed by atoms with Gasteiger partial charge < -0.3 is 14.4 Å². The summed E-state index contributed by atoms with van der Waals surface area (Å²) in [6, 6.07) is 3.50. The summed E-state index contributed by atoms with van der Waals surface area (Å²) in [7, 11) is -0.557. The van der Waals surface area contributed by atoms with Crippen molar-refractivity contribution in [2.45, 2.75) is 38.9 Å². The summed E-state index contributed by atoms with van der Waals surface area (Å²) in [6.07, 6.45) is 1.53. The number of aromatic hydroxyl groups is 1. The second kappa shape index (κ2) is 3.47. The number of hydrogen-bond donors (Lipinski definition) is 1. The first kappa shape index (κ1) is 11.4. The van der Waals surface area contributed by atoms with E-state index in [1.807, 2.05) is 27.7 Å². The molecule has 0 radical (unpaired) electrons. The van der Waals surface area contributed by atoms with Crippen LogP contribution in [-0.2, 0) is 9.31 Å². The summed E-state index contributed by atoms with van der Waals surface area (Å²) in [5, 5.41) is 9.64. The molecule has 1 N–H and O–H groups in total. The molecule has 0 bridgehead atoms. The van der Waals surface area contributed by atoms with Crippen molar-refractivity contribution in [3.8, 4) is 5.88 Å². The molecular weight excluding hydrogens is 205 g/mol. The minimum atomic E-state index is -0.557. The Labute approximate surface area is 95.7 Å². The summed E-state index contributed by atoms with van der Waals surface area (Å²) in [4.78, 5) is 3.81. The molecule has 2 heterocycles. The van der Waals surface area contributed by atoms with Crippen LogP contribution in [0.4, 0.5) is 0 Å². The van der Waals surface area contributed by atoms with E-state index in [1.54, 1.807) is 12.1 Å². The Kier molecular flexibility index (Phi) is 2.47. The van der Waals surface area contributed by atoms with Crippen molar-refractivity contribution in [1.82, 2.24) is 4.98 Å². The maximum atomic E-state index is 9.64. The van der Waals surface area contributed by atoms with E-state index in [1.165, 1.54) is 6.20 Å². The van der Waals surface area contributed by atoms with Gasteiger partial charge in [0.15, 0.2) is 0 Å². The molecule has 86 valence electrons. The molecule has 0 amide bonds. The van der Waals surface area contributed by atoms with Gasteiger partial charge in [-0.2, -0.15) is 0 Å². The van der Waals surface area contributed by atoms with Crippen LogP contribution in [0.1, 0.15) is 27.7 Å². The van der Waals surface area contributed by atoms with Gasteiger partial charge in [-0.15, -0.1) is 0 Å². The van der Waals surface area contributed by atoms with Gasteiger partial charge in [-0.3, -0.25) is 0 Å². The van der Waals surface area contributed by atoms with Gasteiger partial charge in [0.25, 0.3) is 0 Å². The third kappa shape index (κ3) is 1.70. The molecule has 0 aliphatic carbocycles. The zero-order chi connectivity index (χ0) is 12.0. The average molecular weight is 221 g/mol. The zero-order valence-electron chi connectivity index (χ0n) is 10.0. The number of aromatic nitrogens is 1. The van der Waals surface area contributed by atoms with Crippen LogP contribution in [0.25, 0.3) is 0 Å². The lowest BCUT2D eigenvalue weighted by Gasteiger charge is -2.32. The van der Waals surface area contributed by atoms with Crippen molar-refractivity contribution >= 4 is 12.6 Å². The Balaban J connectivity index is 2.31. The average Bonchev–Trinajstić information content (AvgIpc) is 2.36. The molecule has 1 fully saturated rings. The minimum Gasteiger partial charge on any atom is -0.494 e. The van der Waals surface area contributed by atoms with Crippen LogP contribution < -0.4 is 5.46 Å². The number of hydrogen-bond acceptors (Lipinski definition) is 4. The molecule has 2 rings (SSSR count). The lowest BCUT2D eigenvalue weighted by Crippen LogP contribution is -2.41. The molecule has 1 aromatic heterocycles. The summed E-state index contributed by atoms with van der Waals surface area (Å²) >= 11 is 0. The molecule has 0 atom stereocenters. The van der Waals surface area contributed by atoms with Crippen LogP contribution in [0.15, 0.2) is 18.3 Å². The molecule has 1 aliphatic rings. The van der Waals surface area contributed by atoms with Crippen LogP contribution in [0.5, 0.6) is 5.88 Å². The fraction of sp³-hybridized carbons (Fsp3) is 0.545. The molecule has 0 aromatic carbocycles. The van der Waals surface area contributed by atoms with E-state index >= 15 is 0 Å². The highest BCUT2D eigenvalue weighted by Gasteiger charge is 2.52. The summed E-state index contributed by atoms with van der Waals surface area (Å²) in [5.74, 6) is -0.0407. The standard InChI is InChI=1S/C11H16BNO3/c1-10(2)11(3,4)16-12(15-10)8-6-5-7-13-9(8)14/h5-7H,1-4H3,(H,13,14). The van der Waals surface area contributed by atoms with Gasteiger partial charge in [-0.25, -0.2) is 4.98 Å². The molecule has 1 aromatic rings. The van der Waals surface area contributed by atoms with Gasteiger partial charge in [-0.1, -0.05) is 6.07 Å². The fourth-order valence-electron chi connectivity index (χ4n) is 1.56. The van der Waals surface area contributed by atoms with E-state index < -0.39 is 18.3 Å². The molecule has 1 aliphatic heterocycles. The molecular formula is C11H16BNO3. The normalized spacial score (nSPS) is 22.4. The van der Waals surface area contributed by atoms with Crippen molar-refractivity contribution in [3.05, 3.63) is 18.3 Å². The highest BCUT2D eigenvalue weighted by Crippen LogP contribution is 2.36. The Bertz CT molecular complexity index is 390. The van der Waals surface area contributed by atoms with Crippen LogP contribution in [0.3, 0.4) is 0 Å². The molecule has 16 heavy (non-hydrogen) atoms. The van der Waals surface area contributed by atoms with Crippen LogP contribution in [0, 0.1) is 0 Å². The van der Waals surface area contributed by atoms with Crippen molar-refractivity contribution in [3.63, 3.8) is 0 Å². The fourth-order valence-corrected chi connectivity index (χ4v) is 1.56. The topological polar surface area (TPSA) is 51.6 Å². The van der Waals surface area contributed by atoms with E-state index in [2.05, 4.69) is 4.98 Å². The monoisotopic (exact) mass is 221 g/mol. The Morgan fingerprint density at radius 3 is 2.25 bits per heavy atom. The predicted octanol–water partition coefficient (Wildman–Crippen LogP) is 1.09. The maximum absolute atomic E-state index is 9.64. The summed E-state index contributed by atoms with van der Waals surface area (Å²) in [5.41, 5.74) is -0.235. The van der Waals surface area contributed by atoms with Crippen molar-refractivity contribution in [2.24, 2.45) is 0 Å². The van der Waals surface area contributed by atoms with E-state index in [-0.39, 0.29) is 5.88 Å².